The smallest absolute Gasteiger partial charge is 0.254 e. The molecule has 1 heterocycles. The van der Waals surface area contributed by atoms with Crippen LogP contribution >= 0.6 is 11.6 Å². The Kier molecular flexibility index (Phi) is 3.98. The molecule has 2 rings (SSSR count). The van der Waals surface area contributed by atoms with E-state index in [1.165, 1.54) is 23.1 Å². The predicted molar refractivity (Wildman–Crippen MR) is 71.7 cm³/mol. The fraction of sp³-hybridized carbons (Fsp3) is 0.273. The Morgan fingerprint density at radius 1 is 1.40 bits per heavy atom. The molecular weight excluding hydrogens is 306 g/mol. The fourth-order valence-electron chi connectivity index (χ4n) is 1.86. The third kappa shape index (κ3) is 3.09. The molecule has 9 heteroatoms. The monoisotopic (exact) mass is 317 g/mol. The van der Waals surface area contributed by atoms with E-state index < -0.39 is 10.0 Å². The summed E-state index contributed by atoms with van der Waals surface area (Å²) in [5.41, 5.74) is 0.206. The lowest BCUT2D eigenvalue weighted by atomic mass is 10.2. The van der Waals surface area contributed by atoms with Crippen molar-refractivity contribution in [3.8, 4) is 0 Å². The maximum absolute atomic E-state index is 12.2. The summed E-state index contributed by atoms with van der Waals surface area (Å²) in [5, 5.41) is 7.46. The van der Waals surface area contributed by atoms with Gasteiger partial charge in [0.2, 0.25) is 15.9 Å². The Morgan fingerprint density at radius 3 is 2.65 bits per heavy atom. The molecule has 0 aromatic heterocycles. The van der Waals surface area contributed by atoms with Gasteiger partial charge in [0.15, 0.2) is 0 Å². The van der Waals surface area contributed by atoms with E-state index in [1.807, 2.05) is 0 Å². The average molecular weight is 318 g/mol. The first-order chi connectivity index (χ1) is 9.29. The number of piperazine rings is 1. The van der Waals surface area contributed by atoms with Crippen LogP contribution in [0.1, 0.15) is 10.4 Å². The molecule has 1 saturated heterocycles. The molecule has 20 heavy (non-hydrogen) atoms. The highest BCUT2D eigenvalue weighted by Crippen LogP contribution is 2.22. The number of amides is 2. The quantitative estimate of drug-likeness (QED) is 0.770. The van der Waals surface area contributed by atoms with Gasteiger partial charge in [-0.05, 0) is 18.2 Å². The normalized spacial score (nSPS) is 15.9. The molecule has 0 unspecified atom stereocenters. The summed E-state index contributed by atoms with van der Waals surface area (Å²) in [7, 11) is -3.93. The van der Waals surface area contributed by atoms with Gasteiger partial charge in [-0.1, -0.05) is 11.6 Å². The second kappa shape index (κ2) is 5.39. The third-order valence-electron chi connectivity index (χ3n) is 2.81. The Bertz CT molecular complexity index is 674. The van der Waals surface area contributed by atoms with Gasteiger partial charge in [-0.3, -0.25) is 9.59 Å². The largest absolute Gasteiger partial charge is 0.353 e. The minimum Gasteiger partial charge on any atom is -0.353 e. The zero-order valence-corrected chi connectivity index (χ0v) is 11.9. The summed E-state index contributed by atoms with van der Waals surface area (Å²) in [4.78, 5) is 24.5. The number of sulfonamides is 1. The van der Waals surface area contributed by atoms with Gasteiger partial charge in [0.05, 0.1) is 11.6 Å². The number of nitrogens with two attached hydrogens (primary N) is 1. The van der Waals surface area contributed by atoms with E-state index in [9.17, 15) is 18.0 Å². The van der Waals surface area contributed by atoms with Gasteiger partial charge in [0.1, 0.15) is 4.90 Å². The predicted octanol–water partition coefficient (Wildman–Crippen LogP) is -0.441. The van der Waals surface area contributed by atoms with Crippen molar-refractivity contribution in [3.05, 3.63) is 28.8 Å². The van der Waals surface area contributed by atoms with E-state index in [0.717, 1.165) is 0 Å². The zero-order chi connectivity index (χ0) is 14.9. The molecule has 1 aromatic rings. The molecule has 0 bridgehead atoms. The van der Waals surface area contributed by atoms with Crippen LogP contribution in [0.25, 0.3) is 0 Å². The van der Waals surface area contributed by atoms with E-state index in [1.54, 1.807) is 0 Å². The van der Waals surface area contributed by atoms with Crippen LogP contribution < -0.4 is 10.5 Å². The van der Waals surface area contributed by atoms with Gasteiger partial charge in [-0.15, -0.1) is 0 Å². The Morgan fingerprint density at radius 2 is 2.10 bits per heavy atom. The number of primary sulfonamides is 1. The Labute approximate surface area is 120 Å². The first-order valence-corrected chi connectivity index (χ1v) is 7.60. The van der Waals surface area contributed by atoms with E-state index in [0.29, 0.717) is 13.1 Å². The summed E-state index contributed by atoms with van der Waals surface area (Å²) >= 11 is 5.82. The topological polar surface area (TPSA) is 110 Å². The van der Waals surface area contributed by atoms with Crippen LogP contribution in [0.2, 0.25) is 5.02 Å². The number of rotatable bonds is 2. The standard InChI is InChI=1S/C11H12ClN3O4S/c12-8-5-7(1-2-9(8)20(13,18)19)11(17)15-4-3-14-10(16)6-15/h1-2,5H,3-4,6H2,(H,14,16)(H2,13,18,19). The molecule has 2 amide bonds. The lowest BCUT2D eigenvalue weighted by Crippen LogP contribution is -2.49. The molecule has 0 atom stereocenters. The summed E-state index contributed by atoms with van der Waals surface area (Å²) < 4.78 is 22.4. The van der Waals surface area contributed by atoms with Crippen LogP contribution in [0.5, 0.6) is 0 Å². The van der Waals surface area contributed by atoms with Crippen LogP contribution in [-0.4, -0.2) is 44.8 Å². The minimum atomic E-state index is -3.93. The van der Waals surface area contributed by atoms with Crippen LogP contribution in [0, 0.1) is 0 Å². The van der Waals surface area contributed by atoms with Gasteiger partial charge in [0.25, 0.3) is 5.91 Å². The number of nitrogens with one attached hydrogen (secondary N) is 1. The van der Waals surface area contributed by atoms with Crippen LogP contribution in [-0.2, 0) is 14.8 Å². The molecule has 0 aliphatic carbocycles. The molecule has 1 aliphatic rings. The minimum absolute atomic E-state index is 0.0343. The molecule has 1 aromatic carbocycles. The van der Waals surface area contributed by atoms with Gasteiger partial charge in [0, 0.05) is 18.7 Å². The highest BCUT2D eigenvalue weighted by atomic mass is 35.5. The zero-order valence-electron chi connectivity index (χ0n) is 10.3. The molecule has 0 radical (unpaired) electrons. The van der Waals surface area contributed by atoms with Crippen molar-refractivity contribution in [2.75, 3.05) is 19.6 Å². The molecular formula is C11H12ClN3O4S. The first kappa shape index (κ1) is 14.8. The number of benzene rings is 1. The van der Waals surface area contributed by atoms with Crippen molar-refractivity contribution < 1.29 is 18.0 Å². The summed E-state index contributed by atoms with van der Waals surface area (Å²) in [6, 6.07) is 3.73. The molecule has 0 saturated carbocycles. The van der Waals surface area contributed by atoms with Crippen molar-refractivity contribution >= 4 is 33.4 Å². The molecule has 0 spiro atoms. The molecule has 1 aliphatic heterocycles. The Balaban J connectivity index is 2.28. The number of nitrogens with zero attached hydrogens (tertiary/aromatic N) is 1. The number of hydrogen-bond acceptors (Lipinski definition) is 4. The van der Waals surface area contributed by atoms with Gasteiger partial charge in [-0.25, -0.2) is 13.6 Å². The van der Waals surface area contributed by atoms with Crippen molar-refractivity contribution in [1.82, 2.24) is 10.2 Å². The lowest BCUT2D eigenvalue weighted by Gasteiger charge is -2.26. The highest BCUT2D eigenvalue weighted by molar-refractivity contribution is 7.89. The van der Waals surface area contributed by atoms with Crippen LogP contribution in [0.4, 0.5) is 0 Å². The first-order valence-electron chi connectivity index (χ1n) is 5.67. The number of hydrogen-bond donors (Lipinski definition) is 2. The third-order valence-corrected chi connectivity index (χ3v) is 4.20. The van der Waals surface area contributed by atoms with Crippen LogP contribution in [0.3, 0.4) is 0 Å². The molecule has 1 fully saturated rings. The lowest BCUT2D eigenvalue weighted by molar-refractivity contribution is -0.123. The molecule has 3 N–H and O–H groups in total. The van der Waals surface area contributed by atoms with E-state index in [4.69, 9.17) is 16.7 Å². The molecule has 108 valence electrons. The number of carbonyl (C=O) groups is 2. The van der Waals surface area contributed by atoms with Crippen molar-refractivity contribution in [3.63, 3.8) is 0 Å². The maximum atomic E-state index is 12.2. The number of halogens is 1. The SMILES string of the molecule is NS(=O)(=O)c1ccc(C(=O)N2CCNC(=O)C2)cc1Cl. The second-order valence-corrected chi connectivity index (χ2v) is 6.20. The van der Waals surface area contributed by atoms with Crippen molar-refractivity contribution in [2.24, 2.45) is 5.14 Å². The fourth-order valence-corrected chi connectivity index (χ4v) is 2.95. The van der Waals surface area contributed by atoms with E-state index >= 15 is 0 Å². The summed E-state index contributed by atoms with van der Waals surface area (Å²) in [5.74, 6) is -0.625. The average Bonchev–Trinajstić information content (AvgIpc) is 2.36. The second-order valence-electron chi connectivity index (χ2n) is 4.27. The number of carbonyl (C=O) groups excluding carboxylic acids is 2. The van der Waals surface area contributed by atoms with Gasteiger partial charge >= 0.3 is 0 Å². The highest BCUT2D eigenvalue weighted by Gasteiger charge is 2.23. The van der Waals surface area contributed by atoms with E-state index in [-0.39, 0.29) is 33.8 Å². The summed E-state index contributed by atoms with van der Waals surface area (Å²) in [6.45, 7) is 0.736. The Hall–Kier alpha value is -1.64. The van der Waals surface area contributed by atoms with E-state index in [2.05, 4.69) is 5.32 Å². The maximum Gasteiger partial charge on any atom is 0.254 e. The van der Waals surface area contributed by atoms with Crippen molar-refractivity contribution in [1.29, 1.82) is 0 Å². The van der Waals surface area contributed by atoms with Crippen LogP contribution in [0.15, 0.2) is 23.1 Å². The molecule has 7 nitrogen and oxygen atoms in total. The van der Waals surface area contributed by atoms with Gasteiger partial charge in [-0.2, -0.15) is 0 Å². The van der Waals surface area contributed by atoms with Gasteiger partial charge < -0.3 is 10.2 Å². The van der Waals surface area contributed by atoms with Crippen molar-refractivity contribution in [2.45, 2.75) is 4.90 Å². The summed E-state index contributed by atoms with van der Waals surface area (Å²) in [6.07, 6.45) is 0.